The molecule has 3 rings (SSSR count). The number of aryl methyl sites for hydroxylation is 1. The topological polar surface area (TPSA) is 89.1 Å². The van der Waals surface area contributed by atoms with Crippen LogP contribution < -0.4 is 5.32 Å². The van der Waals surface area contributed by atoms with Crippen molar-refractivity contribution >= 4 is 11.7 Å². The maximum absolute atomic E-state index is 12.5. The number of rotatable bonds is 5. The zero-order valence-corrected chi connectivity index (χ0v) is 13.5. The molecular formula is C15H22N6O2. The fourth-order valence-corrected chi connectivity index (χ4v) is 3.08. The largest absolute Gasteiger partial charge is 0.360 e. The third-order valence-electron chi connectivity index (χ3n) is 4.29. The van der Waals surface area contributed by atoms with Crippen molar-refractivity contribution in [3.63, 3.8) is 0 Å². The average molecular weight is 318 g/mol. The first-order valence-corrected chi connectivity index (χ1v) is 7.96. The summed E-state index contributed by atoms with van der Waals surface area (Å²) in [4.78, 5) is 18.7. The summed E-state index contributed by atoms with van der Waals surface area (Å²) in [5.74, 6) is 1.07. The number of anilines is 1. The molecule has 3 heterocycles. The second kappa shape index (κ2) is 6.91. The van der Waals surface area contributed by atoms with Crippen LogP contribution in [0.2, 0.25) is 0 Å². The number of likely N-dealkylation sites (tertiary alicyclic amines) is 1. The van der Waals surface area contributed by atoms with E-state index in [0.29, 0.717) is 11.6 Å². The van der Waals surface area contributed by atoms with Crippen LogP contribution >= 0.6 is 0 Å². The van der Waals surface area contributed by atoms with Crippen molar-refractivity contribution in [1.82, 2.24) is 24.8 Å². The van der Waals surface area contributed by atoms with E-state index in [4.69, 9.17) is 4.52 Å². The minimum atomic E-state index is -0.235. The molecule has 1 aliphatic heterocycles. The molecule has 2 aromatic rings. The molecule has 1 N–H and O–H groups in total. The van der Waals surface area contributed by atoms with E-state index < -0.39 is 0 Å². The Labute approximate surface area is 134 Å². The van der Waals surface area contributed by atoms with Crippen LogP contribution in [-0.4, -0.2) is 49.4 Å². The van der Waals surface area contributed by atoms with Crippen LogP contribution in [0.3, 0.4) is 0 Å². The third-order valence-corrected chi connectivity index (χ3v) is 4.29. The zero-order valence-electron chi connectivity index (χ0n) is 13.5. The molecule has 8 nitrogen and oxygen atoms in total. The number of hydrogen-bond acceptors (Lipinski definition) is 6. The molecule has 0 radical (unpaired) electrons. The SMILES string of the molecule is Cc1cc(NC(=O)[C@H](C)N2CCCC[C@H]2Cn2cncn2)no1. The van der Waals surface area contributed by atoms with E-state index in [-0.39, 0.29) is 18.0 Å². The Balaban J connectivity index is 1.65. The van der Waals surface area contributed by atoms with Gasteiger partial charge in [0.1, 0.15) is 18.4 Å². The molecule has 8 heteroatoms. The van der Waals surface area contributed by atoms with Crippen molar-refractivity contribution in [1.29, 1.82) is 0 Å². The summed E-state index contributed by atoms with van der Waals surface area (Å²) < 4.78 is 6.81. The van der Waals surface area contributed by atoms with Gasteiger partial charge in [-0.25, -0.2) is 4.98 Å². The first-order chi connectivity index (χ1) is 11.1. The monoisotopic (exact) mass is 318 g/mol. The number of amides is 1. The number of nitrogens with one attached hydrogen (secondary N) is 1. The number of carbonyl (C=O) groups is 1. The number of nitrogens with zero attached hydrogens (tertiary/aromatic N) is 5. The lowest BCUT2D eigenvalue weighted by molar-refractivity contribution is -0.122. The molecule has 0 aliphatic carbocycles. The normalized spacial score (nSPS) is 20.3. The lowest BCUT2D eigenvalue weighted by Gasteiger charge is -2.38. The molecule has 0 bridgehead atoms. The number of hydrogen-bond donors (Lipinski definition) is 1. The standard InChI is InChI=1S/C15H22N6O2/c1-11-7-14(19-23-11)18-15(22)12(2)21-6-4-3-5-13(21)8-20-10-16-9-17-20/h7,9-10,12-13H,3-6,8H2,1-2H3,(H,18,19,22)/t12-,13-/m0/s1. The summed E-state index contributed by atoms with van der Waals surface area (Å²) >= 11 is 0. The fraction of sp³-hybridized carbons (Fsp3) is 0.600. The van der Waals surface area contributed by atoms with Gasteiger partial charge in [0.05, 0.1) is 12.6 Å². The smallest absolute Gasteiger partial charge is 0.242 e. The van der Waals surface area contributed by atoms with Crippen molar-refractivity contribution in [2.24, 2.45) is 0 Å². The van der Waals surface area contributed by atoms with E-state index in [1.165, 1.54) is 12.7 Å². The second-order valence-corrected chi connectivity index (χ2v) is 5.99. The molecule has 2 aromatic heterocycles. The minimum absolute atomic E-state index is 0.0659. The van der Waals surface area contributed by atoms with Gasteiger partial charge in [0.2, 0.25) is 5.91 Å². The number of carbonyl (C=O) groups excluding carboxylic acids is 1. The van der Waals surface area contributed by atoms with Gasteiger partial charge >= 0.3 is 0 Å². The Hall–Kier alpha value is -2.22. The Kier molecular flexibility index (Phi) is 4.71. The summed E-state index contributed by atoms with van der Waals surface area (Å²) in [6.45, 7) is 5.39. The Bertz CT molecular complexity index is 638. The van der Waals surface area contributed by atoms with Gasteiger partial charge < -0.3 is 9.84 Å². The van der Waals surface area contributed by atoms with Crippen LogP contribution in [0.15, 0.2) is 23.2 Å². The van der Waals surface area contributed by atoms with Crippen LogP contribution in [0.5, 0.6) is 0 Å². The maximum atomic E-state index is 12.5. The minimum Gasteiger partial charge on any atom is -0.360 e. The second-order valence-electron chi connectivity index (χ2n) is 5.99. The quantitative estimate of drug-likeness (QED) is 0.897. The average Bonchev–Trinajstić information content (AvgIpc) is 3.19. The highest BCUT2D eigenvalue weighted by atomic mass is 16.5. The fourth-order valence-electron chi connectivity index (χ4n) is 3.08. The predicted molar refractivity (Wildman–Crippen MR) is 83.7 cm³/mol. The molecule has 23 heavy (non-hydrogen) atoms. The summed E-state index contributed by atoms with van der Waals surface area (Å²) in [5, 5.41) is 10.8. The molecule has 124 valence electrons. The molecule has 0 aromatic carbocycles. The van der Waals surface area contributed by atoms with E-state index in [9.17, 15) is 4.79 Å². The summed E-state index contributed by atoms with van der Waals surface area (Å²) in [6, 6.07) is 1.76. The molecule has 1 fully saturated rings. The predicted octanol–water partition coefficient (Wildman–Crippen LogP) is 1.46. The van der Waals surface area contributed by atoms with Gasteiger partial charge in [-0.2, -0.15) is 5.10 Å². The lowest BCUT2D eigenvalue weighted by atomic mass is 9.99. The zero-order chi connectivity index (χ0) is 16.2. The van der Waals surface area contributed by atoms with Crippen LogP contribution in [0.1, 0.15) is 31.9 Å². The van der Waals surface area contributed by atoms with Crippen LogP contribution in [-0.2, 0) is 11.3 Å². The van der Waals surface area contributed by atoms with E-state index in [1.54, 1.807) is 19.3 Å². The Morgan fingerprint density at radius 2 is 2.39 bits per heavy atom. The third kappa shape index (κ3) is 3.76. The van der Waals surface area contributed by atoms with Gasteiger partial charge in [0.15, 0.2) is 5.82 Å². The highest BCUT2D eigenvalue weighted by Crippen LogP contribution is 2.21. The maximum Gasteiger partial charge on any atom is 0.242 e. The Morgan fingerprint density at radius 3 is 3.09 bits per heavy atom. The van der Waals surface area contributed by atoms with Gasteiger partial charge in [-0.1, -0.05) is 11.6 Å². The Morgan fingerprint density at radius 1 is 1.52 bits per heavy atom. The van der Waals surface area contributed by atoms with Gasteiger partial charge in [0, 0.05) is 12.1 Å². The van der Waals surface area contributed by atoms with Gasteiger partial charge in [-0.15, -0.1) is 0 Å². The van der Waals surface area contributed by atoms with Crippen LogP contribution in [0.4, 0.5) is 5.82 Å². The van der Waals surface area contributed by atoms with Gasteiger partial charge in [0.25, 0.3) is 0 Å². The molecule has 1 amide bonds. The molecule has 1 aliphatic rings. The summed E-state index contributed by atoms with van der Waals surface area (Å²) in [5.41, 5.74) is 0. The first-order valence-electron chi connectivity index (χ1n) is 7.96. The number of piperidine rings is 1. The van der Waals surface area contributed by atoms with Crippen molar-refractivity contribution < 1.29 is 9.32 Å². The van der Waals surface area contributed by atoms with Crippen molar-refractivity contribution in [3.8, 4) is 0 Å². The number of aromatic nitrogens is 4. The highest BCUT2D eigenvalue weighted by molar-refractivity contribution is 5.93. The van der Waals surface area contributed by atoms with Crippen molar-refractivity contribution in [2.75, 3.05) is 11.9 Å². The van der Waals surface area contributed by atoms with Gasteiger partial charge in [-0.3, -0.25) is 14.4 Å². The van der Waals surface area contributed by atoms with E-state index in [0.717, 1.165) is 25.9 Å². The first kappa shape index (κ1) is 15.7. The molecule has 1 saturated heterocycles. The molecule has 2 atom stereocenters. The molecular weight excluding hydrogens is 296 g/mol. The van der Waals surface area contributed by atoms with Gasteiger partial charge in [-0.05, 0) is 33.2 Å². The summed E-state index contributed by atoms with van der Waals surface area (Å²) in [7, 11) is 0. The van der Waals surface area contributed by atoms with E-state index >= 15 is 0 Å². The van der Waals surface area contributed by atoms with Crippen LogP contribution in [0.25, 0.3) is 0 Å². The molecule has 0 unspecified atom stereocenters. The molecule has 0 spiro atoms. The van der Waals surface area contributed by atoms with Crippen molar-refractivity contribution in [3.05, 3.63) is 24.5 Å². The highest BCUT2D eigenvalue weighted by Gasteiger charge is 2.31. The van der Waals surface area contributed by atoms with E-state index in [2.05, 4.69) is 25.5 Å². The summed E-state index contributed by atoms with van der Waals surface area (Å²) in [6.07, 6.45) is 6.59. The lowest BCUT2D eigenvalue weighted by Crippen LogP contribution is -2.51. The van der Waals surface area contributed by atoms with E-state index in [1.807, 2.05) is 11.6 Å². The van der Waals surface area contributed by atoms with Crippen molar-refractivity contribution in [2.45, 2.75) is 51.7 Å². The van der Waals surface area contributed by atoms with Crippen LogP contribution in [0, 0.1) is 6.92 Å². The molecule has 0 saturated carbocycles.